The van der Waals surface area contributed by atoms with E-state index in [-0.39, 0.29) is 30.9 Å². The molecule has 25 heavy (non-hydrogen) atoms. The number of halogens is 2. The fraction of sp³-hybridized carbons (Fsp3) is 0.632. The molecule has 3 atom stereocenters. The van der Waals surface area contributed by atoms with Crippen molar-refractivity contribution in [2.45, 2.75) is 51.2 Å². The topological polar surface area (TPSA) is 35.6 Å². The molecule has 0 radical (unpaired) electrons. The molecule has 2 aliphatic rings. The van der Waals surface area contributed by atoms with Gasteiger partial charge in [0.25, 0.3) is 0 Å². The number of fused-ring (bicyclic) bond motifs is 2. The molecule has 1 N–H and O–H groups in total. The molecule has 2 aliphatic heterocycles. The van der Waals surface area contributed by atoms with Crippen LogP contribution in [0.1, 0.15) is 44.7 Å². The lowest BCUT2D eigenvalue weighted by Gasteiger charge is -2.36. The van der Waals surface area contributed by atoms with Crippen LogP contribution in [0, 0.1) is 0 Å². The van der Waals surface area contributed by atoms with E-state index in [9.17, 15) is 4.79 Å². The van der Waals surface area contributed by atoms with Gasteiger partial charge in [0, 0.05) is 18.6 Å². The highest BCUT2D eigenvalue weighted by molar-refractivity contribution is 5.85. The number of nitrogens with zero attached hydrogens (tertiary/aromatic N) is 2. The second-order valence-electron chi connectivity index (χ2n) is 6.66. The first-order chi connectivity index (χ1) is 11.3. The summed E-state index contributed by atoms with van der Waals surface area (Å²) in [7, 11) is 0. The van der Waals surface area contributed by atoms with Crippen LogP contribution in [-0.4, -0.2) is 54.0 Å². The molecule has 1 aromatic rings. The van der Waals surface area contributed by atoms with E-state index in [2.05, 4.69) is 41.1 Å². The minimum Gasteiger partial charge on any atom is -0.334 e. The Morgan fingerprint density at radius 2 is 1.76 bits per heavy atom. The van der Waals surface area contributed by atoms with E-state index in [0.717, 1.165) is 51.0 Å². The van der Waals surface area contributed by atoms with Crippen molar-refractivity contribution in [1.29, 1.82) is 0 Å². The number of amides is 1. The first-order valence-corrected chi connectivity index (χ1v) is 9.08. The molecule has 0 aromatic heterocycles. The van der Waals surface area contributed by atoms with Crippen molar-refractivity contribution in [3.05, 3.63) is 35.9 Å². The quantitative estimate of drug-likeness (QED) is 0.841. The van der Waals surface area contributed by atoms with Gasteiger partial charge in [0.15, 0.2) is 0 Å². The predicted molar refractivity (Wildman–Crippen MR) is 108 cm³/mol. The number of carbonyl (C=O) groups is 1. The van der Waals surface area contributed by atoms with Gasteiger partial charge >= 0.3 is 0 Å². The van der Waals surface area contributed by atoms with Gasteiger partial charge < -0.3 is 10.2 Å². The largest absolute Gasteiger partial charge is 0.334 e. The molecule has 2 heterocycles. The number of rotatable bonds is 5. The molecule has 6 heteroatoms. The fourth-order valence-electron chi connectivity index (χ4n) is 4.22. The van der Waals surface area contributed by atoms with Crippen molar-refractivity contribution >= 4 is 30.7 Å². The van der Waals surface area contributed by atoms with Crippen molar-refractivity contribution in [3.8, 4) is 0 Å². The number of carbonyl (C=O) groups excluding carboxylic acids is 1. The molecule has 4 nitrogen and oxygen atoms in total. The Hall–Kier alpha value is -0.810. The van der Waals surface area contributed by atoms with Crippen LogP contribution in [0.25, 0.3) is 0 Å². The number of hydrogen-bond donors (Lipinski definition) is 1. The lowest BCUT2D eigenvalue weighted by molar-refractivity contribution is -0.140. The van der Waals surface area contributed by atoms with Crippen molar-refractivity contribution in [2.24, 2.45) is 0 Å². The first-order valence-electron chi connectivity index (χ1n) is 9.08. The molecule has 2 saturated heterocycles. The Balaban J connectivity index is 0.00000156. The monoisotopic (exact) mass is 387 g/mol. The Labute approximate surface area is 164 Å². The second-order valence-corrected chi connectivity index (χ2v) is 6.66. The summed E-state index contributed by atoms with van der Waals surface area (Å²) in [5, 5.41) is 3.49. The Kier molecular flexibility index (Phi) is 9.22. The SMILES string of the molecule is CCN(CC)C(C(=O)N1C2CCNCC1CC2)c1ccccc1.Cl.Cl. The van der Waals surface area contributed by atoms with Crippen molar-refractivity contribution in [3.63, 3.8) is 0 Å². The maximum absolute atomic E-state index is 13.5. The zero-order chi connectivity index (χ0) is 16.2. The van der Waals surface area contributed by atoms with Gasteiger partial charge in [0.1, 0.15) is 6.04 Å². The van der Waals surface area contributed by atoms with Crippen molar-refractivity contribution < 1.29 is 4.79 Å². The molecular weight excluding hydrogens is 357 g/mol. The van der Waals surface area contributed by atoms with Crippen LogP contribution in [0.3, 0.4) is 0 Å². The van der Waals surface area contributed by atoms with E-state index in [4.69, 9.17) is 0 Å². The summed E-state index contributed by atoms with van der Waals surface area (Å²) in [5.74, 6) is 0.302. The smallest absolute Gasteiger partial charge is 0.245 e. The second kappa shape index (κ2) is 10.4. The normalized spacial score (nSPS) is 23.4. The molecule has 2 fully saturated rings. The van der Waals surface area contributed by atoms with Crippen LogP contribution in [0.2, 0.25) is 0 Å². The van der Waals surface area contributed by atoms with E-state index in [1.807, 2.05) is 18.2 Å². The minimum atomic E-state index is -0.146. The number of hydrogen-bond acceptors (Lipinski definition) is 3. The van der Waals surface area contributed by atoms with Crippen LogP contribution < -0.4 is 5.32 Å². The van der Waals surface area contributed by atoms with Gasteiger partial charge in [-0.25, -0.2) is 0 Å². The molecular formula is C19H31Cl2N3O. The van der Waals surface area contributed by atoms with Gasteiger partial charge in [0.2, 0.25) is 5.91 Å². The Bertz CT molecular complexity index is 511. The third kappa shape index (κ3) is 4.68. The number of likely N-dealkylation sites (N-methyl/N-ethyl adjacent to an activating group) is 1. The maximum atomic E-state index is 13.5. The van der Waals surface area contributed by atoms with E-state index >= 15 is 0 Å². The maximum Gasteiger partial charge on any atom is 0.245 e. The van der Waals surface area contributed by atoms with E-state index in [1.165, 1.54) is 0 Å². The number of benzene rings is 1. The number of nitrogens with one attached hydrogen (secondary N) is 1. The molecule has 1 aromatic carbocycles. The predicted octanol–water partition coefficient (Wildman–Crippen LogP) is 3.27. The van der Waals surface area contributed by atoms with Crippen molar-refractivity contribution in [1.82, 2.24) is 15.1 Å². The summed E-state index contributed by atoms with van der Waals surface area (Å²) in [6, 6.07) is 10.9. The molecule has 1 amide bonds. The fourth-order valence-corrected chi connectivity index (χ4v) is 4.22. The van der Waals surface area contributed by atoms with E-state index < -0.39 is 0 Å². The first kappa shape index (κ1) is 22.2. The molecule has 3 unspecified atom stereocenters. The lowest BCUT2D eigenvalue weighted by atomic mass is 10.0. The van der Waals surface area contributed by atoms with Gasteiger partial charge in [-0.2, -0.15) is 0 Å². The van der Waals surface area contributed by atoms with Gasteiger partial charge in [-0.3, -0.25) is 9.69 Å². The standard InChI is InChI=1S/C19H29N3O.2ClH/c1-3-21(4-2)18(15-8-6-5-7-9-15)19(23)22-16-10-11-17(22)14-20-13-12-16;;/h5-9,16-18,20H,3-4,10-14H2,1-2H3;2*1H. The summed E-state index contributed by atoms with van der Waals surface area (Å²) < 4.78 is 0. The molecule has 0 aliphatic carbocycles. The minimum absolute atomic E-state index is 0. The Morgan fingerprint density at radius 1 is 1.12 bits per heavy atom. The average molecular weight is 388 g/mol. The van der Waals surface area contributed by atoms with Crippen LogP contribution >= 0.6 is 24.8 Å². The van der Waals surface area contributed by atoms with Gasteiger partial charge in [0.05, 0.1) is 0 Å². The van der Waals surface area contributed by atoms with Crippen LogP contribution in [0.15, 0.2) is 30.3 Å². The van der Waals surface area contributed by atoms with Gasteiger partial charge in [-0.05, 0) is 44.5 Å². The highest BCUT2D eigenvalue weighted by Crippen LogP contribution is 2.33. The Morgan fingerprint density at radius 3 is 2.40 bits per heavy atom. The highest BCUT2D eigenvalue weighted by Gasteiger charge is 2.41. The zero-order valence-electron chi connectivity index (χ0n) is 15.2. The summed E-state index contributed by atoms with van der Waals surface area (Å²) in [5.41, 5.74) is 1.12. The molecule has 3 rings (SSSR count). The van der Waals surface area contributed by atoms with E-state index in [1.54, 1.807) is 0 Å². The van der Waals surface area contributed by atoms with Gasteiger partial charge in [-0.1, -0.05) is 44.2 Å². The summed E-state index contributed by atoms with van der Waals surface area (Å²) >= 11 is 0. The molecule has 0 saturated carbocycles. The van der Waals surface area contributed by atoms with Crippen LogP contribution in [-0.2, 0) is 4.79 Å². The van der Waals surface area contributed by atoms with Crippen LogP contribution in [0.5, 0.6) is 0 Å². The summed E-state index contributed by atoms with van der Waals surface area (Å²) in [4.78, 5) is 18.0. The van der Waals surface area contributed by atoms with Crippen LogP contribution in [0.4, 0.5) is 0 Å². The molecule has 142 valence electrons. The summed E-state index contributed by atoms with van der Waals surface area (Å²) in [6.45, 7) is 8.05. The lowest BCUT2D eigenvalue weighted by Crippen LogP contribution is -2.49. The molecule has 2 bridgehead atoms. The average Bonchev–Trinajstić information content (AvgIpc) is 2.85. The zero-order valence-corrected chi connectivity index (χ0v) is 16.8. The van der Waals surface area contributed by atoms with E-state index in [0.29, 0.717) is 18.0 Å². The van der Waals surface area contributed by atoms with Crippen molar-refractivity contribution in [2.75, 3.05) is 26.2 Å². The summed E-state index contributed by atoms with van der Waals surface area (Å²) in [6.07, 6.45) is 3.39. The van der Waals surface area contributed by atoms with Gasteiger partial charge in [-0.15, -0.1) is 24.8 Å². The third-order valence-corrected chi connectivity index (χ3v) is 5.44. The third-order valence-electron chi connectivity index (χ3n) is 5.44. The highest BCUT2D eigenvalue weighted by atomic mass is 35.5. The molecule has 0 spiro atoms.